The molecule has 0 spiro atoms. The fourth-order valence-corrected chi connectivity index (χ4v) is 3.57. The molecule has 0 heterocycles. The van der Waals surface area contributed by atoms with Gasteiger partial charge in [-0.2, -0.15) is 0 Å². The van der Waals surface area contributed by atoms with Crippen molar-refractivity contribution in [2.75, 3.05) is 5.32 Å². The van der Waals surface area contributed by atoms with Crippen molar-refractivity contribution in [3.8, 4) is 0 Å². The second-order valence-electron chi connectivity index (χ2n) is 7.37. The predicted molar refractivity (Wildman–Crippen MR) is 121 cm³/mol. The number of amides is 1. The number of rotatable bonds is 5. The topological polar surface area (TPSA) is 72.5 Å². The number of carbonyl (C=O) groups excluding carboxylic acids is 3. The molecule has 0 unspecified atom stereocenters. The molecule has 4 aromatic rings. The van der Waals surface area contributed by atoms with Crippen molar-refractivity contribution in [2.24, 2.45) is 0 Å². The van der Waals surface area contributed by atoms with E-state index >= 15 is 0 Å². The molecule has 0 aromatic heterocycles. The first-order chi connectivity index (χ1) is 14.9. The quantitative estimate of drug-likeness (QED) is 0.272. The Hall–Kier alpha value is -3.99. The number of nitrogens with one attached hydrogen (secondary N) is 1. The zero-order valence-corrected chi connectivity index (χ0v) is 17.2. The zero-order valence-electron chi connectivity index (χ0n) is 17.2. The van der Waals surface area contributed by atoms with Gasteiger partial charge in [-0.3, -0.25) is 9.59 Å². The van der Waals surface area contributed by atoms with Crippen LogP contribution in [0, 0.1) is 0 Å². The average molecular weight is 411 g/mol. The van der Waals surface area contributed by atoms with Gasteiger partial charge in [-0.25, -0.2) is 4.79 Å². The highest BCUT2D eigenvalue weighted by molar-refractivity contribution is 6.17. The minimum Gasteiger partial charge on any atom is -0.449 e. The van der Waals surface area contributed by atoms with Crippen LogP contribution < -0.4 is 5.32 Å². The first-order valence-electron chi connectivity index (χ1n) is 9.97. The van der Waals surface area contributed by atoms with E-state index < -0.39 is 18.0 Å². The van der Waals surface area contributed by atoms with Crippen LogP contribution in [0.5, 0.6) is 0 Å². The van der Waals surface area contributed by atoms with E-state index in [2.05, 4.69) is 5.32 Å². The van der Waals surface area contributed by atoms with Crippen LogP contribution in [-0.4, -0.2) is 23.8 Å². The number of ketones is 1. The Morgan fingerprint density at radius 3 is 2.03 bits per heavy atom. The number of esters is 1. The van der Waals surface area contributed by atoms with Crippen LogP contribution in [-0.2, 0) is 9.53 Å². The molecule has 0 radical (unpaired) electrons. The Balaban J connectivity index is 1.60. The van der Waals surface area contributed by atoms with Crippen molar-refractivity contribution in [3.63, 3.8) is 0 Å². The maximum atomic E-state index is 13.1. The summed E-state index contributed by atoms with van der Waals surface area (Å²) in [5.74, 6) is -1.13. The van der Waals surface area contributed by atoms with Gasteiger partial charge in [-0.05, 0) is 53.6 Å². The number of hydrogen-bond acceptors (Lipinski definition) is 4. The van der Waals surface area contributed by atoms with Crippen LogP contribution in [0.2, 0.25) is 0 Å². The summed E-state index contributed by atoms with van der Waals surface area (Å²) in [6.07, 6.45) is -1.02. The summed E-state index contributed by atoms with van der Waals surface area (Å²) in [5, 5.41) is 6.09. The summed E-state index contributed by atoms with van der Waals surface area (Å²) in [6, 6.07) is 23.8. The van der Waals surface area contributed by atoms with Gasteiger partial charge in [-0.15, -0.1) is 0 Å². The molecule has 1 N–H and O–H groups in total. The molecule has 1 atom stereocenters. The summed E-state index contributed by atoms with van der Waals surface area (Å²) in [4.78, 5) is 37.3. The lowest BCUT2D eigenvalue weighted by atomic mass is 9.97. The second kappa shape index (κ2) is 8.40. The summed E-state index contributed by atoms with van der Waals surface area (Å²) >= 11 is 0. The molecule has 0 aliphatic heterocycles. The monoisotopic (exact) mass is 411 g/mol. The van der Waals surface area contributed by atoms with Gasteiger partial charge in [0.2, 0.25) is 0 Å². The van der Waals surface area contributed by atoms with Crippen LogP contribution in [0.15, 0.2) is 78.9 Å². The largest absolute Gasteiger partial charge is 0.449 e. The van der Waals surface area contributed by atoms with Gasteiger partial charge >= 0.3 is 5.97 Å². The minimum absolute atomic E-state index is 0.0987. The van der Waals surface area contributed by atoms with Crippen molar-refractivity contribution < 1.29 is 19.1 Å². The summed E-state index contributed by atoms with van der Waals surface area (Å²) in [5.41, 5.74) is 1.40. The van der Waals surface area contributed by atoms with Crippen molar-refractivity contribution in [1.29, 1.82) is 0 Å². The maximum absolute atomic E-state index is 13.1. The highest BCUT2D eigenvalue weighted by Crippen LogP contribution is 2.29. The fourth-order valence-electron chi connectivity index (χ4n) is 3.57. The molecule has 154 valence electrons. The summed E-state index contributed by atoms with van der Waals surface area (Å²) < 4.78 is 5.55. The highest BCUT2D eigenvalue weighted by atomic mass is 16.5. The maximum Gasteiger partial charge on any atom is 0.340 e. The third-order valence-electron chi connectivity index (χ3n) is 5.17. The van der Waals surface area contributed by atoms with Crippen molar-refractivity contribution >= 4 is 44.9 Å². The molecule has 0 saturated carbocycles. The number of Topliss-reactive ketones (excluding diaryl/α,β-unsaturated/α-hetero) is 1. The zero-order chi connectivity index (χ0) is 22.0. The standard InChI is InChI=1S/C26H21NO4/c1-16(28)18-10-7-11-21(15-18)27-25(29)17(2)31-26(30)24-22-12-5-3-8-19(22)14-20-9-4-6-13-23(20)24/h3-15,17H,1-2H3,(H,27,29)/t17-/m0/s1. The van der Waals surface area contributed by atoms with Crippen LogP contribution in [0.25, 0.3) is 21.5 Å². The lowest BCUT2D eigenvalue weighted by Gasteiger charge is -2.16. The second-order valence-corrected chi connectivity index (χ2v) is 7.37. The minimum atomic E-state index is -1.02. The normalized spacial score (nSPS) is 11.8. The van der Waals surface area contributed by atoms with E-state index in [0.717, 1.165) is 21.5 Å². The van der Waals surface area contributed by atoms with Crippen molar-refractivity contribution in [3.05, 3.63) is 90.0 Å². The Morgan fingerprint density at radius 1 is 0.806 bits per heavy atom. The van der Waals surface area contributed by atoms with E-state index in [-0.39, 0.29) is 5.78 Å². The number of ether oxygens (including phenoxy) is 1. The van der Waals surface area contributed by atoms with E-state index in [1.807, 2.05) is 54.6 Å². The molecule has 31 heavy (non-hydrogen) atoms. The molecular weight excluding hydrogens is 390 g/mol. The summed E-state index contributed by atoms with van der Waals surface area (Å²) in [7, 11) is 0. The van der Waals surface area contributed by atoms with E-state index in [9.17, 15) is 14.4 Å². The molecule has 0 fully saturated rings. The fraction of sp³-hybridized carbons (Fsp3) is 0.115. The van der Waals surface area contributed by atoms with Gasteiger partial charge in [0.15, 0.2) is 11.9 Å². The predicted octanol–water partition coefficient (Wildman–Crippen LogP) is 5.38. The number of fused-ring (bicyclic) bond motifs is 2. The van der Waals surface area contributed by atoms with E-state index in [0.29, 0.717) is 16.8 Å². The SMILES string of the molecule is CC(=O)c1cccc(NC(=O)[C@H](C)OC(=O)c2c3ccccc3cc3ccccc23)c1. The van der Waals surface area contributed by atoms with Gasteiger partial charge in [0.1, 0.15) is 0 Å². The Morgan fingerprint density at radius 2 is 1.42 bits per heavy atom. The van der Waals surface area contributed by atoms with Gasteiger partial charge in [0.25, 0.3) is 5.91 Å². The van der Waals surface area contributed by atoms with E-state index in [1.54, 1.807) is 24.3 Å². The van der Waals surface area contributed by atoms with Crippen molar-refractivity contribution in [1.82, 2.24) is 0 Å². The first-order valence-corrected chi connectivity index (χ1v) is 9.97. The third kappa shape index (κ3) is 4.16. The number of carbonyl (C=O) groups is 3. The molecule has 0 saturated heterocycles. The van der Waals surface area contributed by atoms with E-state index in [1.165, 1.54) is 13.8 Å². The molecule has 0 aliphatic rings. The van der Waals surface area contributed by atoms with Crippen LogP contribution in [0.1, 0.15) is 34.6 Å². The number of hydrogen-bond donors (Lipinski definition) is 1. The van der Waals surface area contributed by atoms with Gasteiger partial charge in [0, 0.05) is 11.3 Å². The molecule has 5 heteroatoms. The summed E-state index contributed by atoms with van der Waals surface area (Å²) in [6.45, 7) is 2.98. The van der Waals surface area contributed by atoms with Crippen LogP contribution >= 0.6 is 0 Å². The Labute approximate surface area is 179 Å². The molecule has 0 aliphatic carbocycles. The van der Waals surface area contributed by atoms with Crippen molar-refractivity contribution in [2.45, 2.75) is 20.0 Å². The Bertz CT molecular complexity index is 1270. The smallest absolute Gasteiger partial charge is 0.340 e. The first kappa shape index (κ1) is 20.3. The van der Waals surface area contributed by atoms with Gasteiger partial charge in [-0.1, -0.05) is 60.7 Å². The molecule has 5 nitrogen and oxygen atoms in total. The lowest BCUT2D eigenvalue weighted by Crippen LogP contribution is -2.30. The van der Waals surface area contributed by atoms with Crippen LogP contribution in [0.4, 0.5) is 5.69 Å². The van der Waals surface area contributed by atoms with Gasteiger partial charge < -0.3 is 10.1 Å². The molecule has 4 rings (SSSR count). The van der Waals surface area contributed by atoms with Crippen LogP contribution in [0.3, 0.4) is 0 Å². The lowest BCUT2D eigenvalue weighted by molar-refractivity contribution is -0.123. The number of benzene rings is 4. The molecule has 0 bridgehead atoms. The molecule has 4 aromatic carbocycles. The Kier molecular flexibility index (Phi) is 5.50. The average Bonchev–Trinajstić information content (AvgIpc) is 2.77. The highest BCUT2D eigenvalue weighted by Gasteiger charge is 2.22. The van der Waals surface area contributed by atoms with Gasteiger partial charge in [0.05, 0.1) is 5.56 Å². The molecule has 1 amide bonds. The molecular formula is C26H21NO4. The number of anilines is 1. The third-order valence-corrected chi connectivity index (χ3v) is 5.17. The van der Waals surface area contributed by atoms with E-state index in [4.69, 9.17) is 4.74 Å².